The summed E-state index contributed by atoms with van der Waals surface area (Å²) in [6.45, 7) is 0. The first-order chi connectivity index (χ1) is 9.41. The van der Waals surface area contributed by atoms with E-state index in [2.05, 4.69) is 24.3 Å². The first kappa shape index (κ1) is 13.3. The van der Waals surface area contributed by atoms with Crippen LogP contribution in [0, 0.1) is 0 Å². The lowest BCUT2D eigenvalue weighted by molar-refractivity contribution is 0.473. The number of hydrogen-bond acceptors (Lipinski definition) is 2. The van der Waals surface area contributed by atoms with Crippen molar-refractivity contribution in [3.63, 3.8) is 0 Å². The number of aromatic hydroxyl groups is 2. The van der Waals surface area contributed by atoms with Crippen LogP contribution in [-0.2, 0) is 0 Å². The van der Waals surface area contributed by atoms with E-state index in [-0.39, 0.29) is 11.5 Å². The topological polar surface area (TPSA) is 40.5 Å². The van der Waals surface area contributed by atoms with Crippen LogP contribution in [0.2, 0.25) is 0 Å². The van der Waals surface area contributed by atoms with Crippen LogP contribution >= 0.6 is 8.75 Å². The molecule has 0 unspecified atom stereocenters. The number of phenols is 2. The summed E-state index contributed by atoms with van der Waals surface area (Å²) in [6, 6.07) is 14.9. The van der Waals surface area contributed by atoms with E-state index < -0.39 is 8.75 Å². The van der Waals surface area contributed by atoms with E-state index in [0.29, 0.717) is 5.25 Å². The lowest BCUT2D eigenvalue weighted by atomic mass is 10.3. The zero-order valence-corrected chi connectivity index (χ0v) is 12.4. The van der Waals surface area contributed by atoms with Gasteiger partial charge in [-0.1, -0.05) is 18.0 Å². The Labute approximate surface area is 119 Å². The molecule has 0 atom stereocenters. The Morgan fingerprint density at radius 2 is 1.40 bits per heavy atom. The maximum atomic E-state index is 9.83. The van der Waals surface area contributed by atoms with Crippen molar-refractivity contribution in [2.45, 2.75) is 27.9 Å². The molecular weight excluding hydrogens is 268 g/mol. The van der Waals surface area contributed by atoms with Crippen LogP contribution in [0.15, 0.2) is 58.3 Å². The summed E-state index contributed by atoms with van der Waals surface area (Å²) in [4.78, 5) is 2.19. The summed E-state index contributed by atoms with van der Waals surface area (Å²) in [5, 5.41) is 20.2. The largest absolute Gasteiger partial charge is 0.508 e. The van der Waals surface area contributed by atoms with Gasteiger partial charge in [-0.25, -0.2) is 8.75 Å². The third-order valence-corrected chi connectivity index (χ3v) is 9.78. The van der Waals surface area contributed by atoms with E-state index in [4.69, 9.17) is 0 Å². The minimum atomic E-state index is -2.30. The summed E-state index contributed by atoms with van der Waals surface area (Å²) in [5.41, 5.74) is 0. The fourth-order valence-electron chi connectivity index (χ4n) is 2.90. The Bertz CT molecular complexity index is 680. The molecule has 0 saturated heterocycles. The number of hydrogen-bond donors (Lipinski definition) is 2. The molecule has 0 radical (unpaired) electrons. The van der Waals surface area contributed by atoms with Gasteiger partial charge in [0, 0.05) is 0 Å². The molecule has 20 heavy (non-hydrogen) atoms. The molecule has 0 aliphatic heterocycles. The van der Waals surface area contributed by atoms with Crippen LogP contribution in [0.25, 0.3) is 0 Å². The number of rotatable bonds is 3. The highest BCUT2D eigenvalue weighted by Gasteiger charge is 2.44. The van der Waals surface area contributed by atoms with Crippen molar-refractivity contribution in [3.8, 4) is 11.5 Å². The van der Waals surface area contributed by atoms with Gasteiger partial charge in [0.1, 0.15) is 11.5 Å². The average molecular weight is 288 g/mol. The first-order valence-corrected chi connectivity index (χ1v) is 9.43. The van der Waals surface area contributed by atoms with Gasteiger partial charge in [-0.3, -0.25) is 0 Å². The van der Waals surface area contributed by atoms with Gasteiger partial charge >= 0.3 is 0 Å². The molecule has 2 N–H and O–H groups in total. The van der Waals surface area contributed by atoms with Gasteiger partial charge in [-0.05, 0) is 70.5 Å². The van der Waals surface area contributed by atoms with Crippen LogP contribution in [0.3, 0.4) is 0 Å². The van der Waals surface area contributed by atoms with E-state index in [9.17, 15) is 10.2 Å². The third kappa shape index (κ3) is 1.85. The van der Waals surface area contributed by atoms with Crippen molar-refractivity contribution in [1.82, 2.24) is 0 Å². The van der Waals surface area contributed by atoms with Gasteiger partial charge in [0.05, 0.1) is 0 Å². The van der Waals surface area contributed by atoms with Crippen molar-refractivity contribution < 1.29 is 10.2 Å². The first-order valence-electron chi connectivity index (χ1n) is 6.75. The number of benzene rings is 2. The smallest absolute Gasteiger partial charge is 0.116 e. The van der Waals surface area contributed by atoms with E-state index in [0.717, 1.165) is 22.6 Å². The molecule has 2 nitrogen and oxygen atoms in total. The molecule has 3 rings (SSSR count). The molecular formula is C17H20O2S. The van der Waals surface area contributed by atoms with Crippen molar-refractivity contribution in [2.75, 3.05) is 6.26 Å². The van der Waals surface area contributed by atoms with Crippen LogP contribution in [0.1, 0.15) is 12.8 Å². The second kappa shape index (κ2) is 4.13. The second-order valence-corrected chi connectivity index (χ2v) is 11.0. The molecule has 1 aliphatic rings. The summed E-state index contributed by atoms with van der Waals surface area (Å²) < 4.78 is 0. The Morgan fingerprint density at radius 3 is 1.75 bits per heavy atom. The monoisotopic (exact) mass is 288 g/mol. The molecule has 2 aromatic rings. The standard InChI is InChI=1S/C17H20O2S/c1-20(2,15-9-10-15,16-7-3-5-13(18)11-16)17-8-4-6-14(19)12-17/h3-8,11-12,15,18-19H,1,9-10H2,2H3. The van der Waals surface area contributed by atoms with Gasteiger partial charge in [0.2, 0.25) is 0 Å². The Kier molecular flexibility index (Phi) is 2.73. The molecule has 1 saturated carbocycles. The van der Waals surface area contributed by atoms with E-state index in [1.54, 1.807) is 12.1 Å². The minimum absolute atomic E-state index is 0.275. The average Bonchev–Trinajstić information content (AvgIpc) is 3.24. The molecule has 0 bridgehead atoms. The van der Waals surface area contributed by atoms with Crippen molar-refractivity contribution in [3.05, 3.63) is 48.5 Å². The van der Waals surface area contributed by atoms with Crippen molar-refractivity contribution in [1.29, 1.82) is 0 Å². The maximum Gasteiger partial charge on any atom is 0.116 e. The predicted molar refractivity (Wildman–Crippen MR) is 86.4 cm³/mol. The quantitative estimate of drug-likeness (QED) is 0.835. The predicted octanol–water partition coefficient (Wildman–Crippen LogP) is 4.08. The summed E-state index contributed by atoms with van der Waals surface area (Å²) in [5.74, 6) is 5.22. The molecule has 3 heteroatoms. The number of phenolic OH excluding ortho intramolecular Hbond substituents is 2. The maximum absolute atomic E-state index is 9.83. The lowest BCUT2D eigenvalue weighted by Gasteiger charge is -2.46. The molecule has 2 aromatic carbocycles. The van der Waals surface area contributed by atoms with Crippen molar-refractivity contribution >= 4 is 14.6 Å². The normalized spacial score (nSPS) is 17.4. The zero-order chi connectivity index (χ0) is 14.4. The molecule has 0 spiro atoms. The van der Waals surface area contributed by atoms with Crippen LogP contribution in [-0.4, -0.2) is 27.6 Å². The Hall–Kier alpha value is -1.74. The highest BCUT2D eigenvalue weighted by atomic mass is 32.3. The van der Waals surface area contributed by atoms with Gasteiger partial charge in [0.15, 0.2) is 0 Å². The summed E-state index contributed by atoms with van der Waals surface area (Å²) in [6.07, 6.45) is 4.54. The van der Waals surface area contributed by atoms with Gasteiger partial charge in [-0.15, -0.1) is 0 Å². The highest BCUT2D eigenvalue weighted by molar-refractivity contribution is 8.46. The fraction of sp³-hybridized carbons (Fsp3) is 0.235. The fourth-order valence-corrected chi connectivity index (χ4v) is 7.17. The van der Waals surface area contributed by atoms with Gasteiger partial charge in [-0.2, -0.15) is 0 Å². The molecule has 1 fully saturated rings. The molecule has 106 valence electrons. The van der Waals surface area contributed by atoms with E-state index in [1.807, 2.05) is 24.3 Å². The van der Waals surface area contributed by atoms with Gasteiger partial charge < -0.3 is 10.2 Å². The minimum Gasteiger partial charge on any atom is -0.508 e. The van der Waals surface area contributed by atoms with Crippen LogP contribution in [0.4, 0.5) is 0 Å². The zero-order valence-electron chi connectivity index (χ0n) is 11.6. The van der Waals surface area contributed by atoms with E-state index >= 15 is 0 Å². The summed E-state index contributed by atoms with van der Waals surface area (Å²) in [7, 11) is -2.30. The second-order valence-electron chi connectivity index (χ2n) is 5.92. The molecule has 0 aromatic heterocycles. The van der Waals surface area contributed by atoms with Crippen LogP contribution in [0.5, 0.6) is 11.5 Å². The SMILES string of the molecule is C=S(C)(c1cccc(O)c1)(c1cccc(O)c1)C1CC1. The van der Waals surface area contributed by atoms with Crippen LogP contribution < -0.4 is 0 Å². The molecule has 1 aliphatic carbocycles. The van der Waals surface area contributed by atoms with Crippen molar-refractivity contribution in [2.24, 2.45) is 0 Å². The molecule has 0 heterocycles. The lowest BCUT2D eigenvalue weighted by Crippen LogP contribution is -2.13. The molecule has 0 amide bonds. The Balaban J connectivity index is 2.29. The van der Waals surface area contributed by atoms with Gasteiger partial charge in [0.25, 0.3) is 0 Å². The third-order valence-electron chi connectivity index (χ3n) is 4.37. The Morgan fingerprint density at radius 1 is 0.950 bits per heavy atom. The highest BCUT2D eigenvalue weighted by Crippen LogP contribution is 2.76. The summed E-state index contributed by atoms with van der Waals surface area (Å²) >= 11 is 0. The van der Waals surface area contributed by atoms with E-state index in [1.165, 1.54) is 0 Å².